The van der Waals surface area contributed by atoms with Gasteiger partial charge in [0.25, 0.3) is 0 Å². The summed E-state index contributed by atoms with van der Waals surface area (Å²) >= 11 is 0. The largest absolute Gasteiger partial charge is 0.481 e. The van der Waals surface area contributed by atoms with Crippen LogP contribution in [0.4, 0.5) is 0 Å². The summed E-state index contributed by atoms with van der Waals surface area (Å²) in [6.07, 6.45) is 8.02. The lowest BCUT2D eigenvalue weighted by Crippen LogP contribution is -2.27. The van der Waals surface area contributed by atoms with Crippen LogP contribution >= 0.6 is 0 Å². The summed E-state index contributed by atoms with van der Waals surface area (Å²) in [5.74, 6) is -0.275. The summed E-state index contributed by atoms with van der Waals surface area (Å²) in [5.41, 5.74) is 0.878. The number of carboxylic acids is 1. The minimum atomic E-state index is -0.750. The second-order valence-corrected chi connectivity index (χ2v) is 5.80. The van der Waals surface area contributed by atoms with Gasteiger partial charge in [0.1, 0.15) is 0 Å². The number of benzene rings is 1. The van der Waals surface area contributed by atoms with Gasteiger partial charge in [-0.25, -0.2) is 0 Å². The van der Waals surface area contributed by atoms with Gasteiger partial charge in [-0.05, 0) is 30.9 Å². The van der Waals surface area contributed by atoms with Gasteiger partial charge in [-0.3, -0.25) is 4.79 Å². The zero-order chi connectivity index (χ0) is 14.2. The van der Waals surface area contributed by atoms with Gasteiger partial charge in [0.05, 0.1) is 5.92 Å². The van der Waals surface area contributed by atoms with E-state index in [2.05, 4.69) is 5.32 Å². The molecule has 0 heterocycles. The van der Waals surface area contributed by atoms with E-state index in [0.29, 0.717) is 6.54 Å². The molecule has 3 heteroatoms. The Kier molecular flexibility index (Phi) is 6.06. The van der Waals surface area contributed by atoms with E-state index in [9.17, 15) is 9.90 Å². The molecule has 2 N–H and O–H groups in total. The Morgan fingerprint density at radius 2 is 1.95 bits per heavy atom. The third-order valence-corrected chi connectivity index (χ3v) is 4.29. The molecule has 0 amide bonds. The molecule has 1 atom stereocenters. The van der Waals surface area contributed by atoms with Gasteiger partial charge in [0.15, 0.2) is 0 Å². The minimum Gasteiger partial charge on any atom is -0.481 e. The van der Waals surface area contributed by atoms with E-state index in [0.717, 1.165) is 24.4 Å². The summed E-state index contributed by atoms with van der Waals surface area (Å²) in [5, 5.41) is 12.6. The van der Waals surface area contributed by atoms with Crippen molar-refractivity contribution in [3.05, 3.63) is 35.9 Å². The van der Waals surface area contributed by atoms with Gasteiger partial charge in [0.2, 0.25) is 0 Å². The Bertz CT molecular complexity index is 399. The lowest BCUT2D eigenvalue weighted by Gasteiger charge is -2.14. The Labute approximate surface area is 121 Å². The van der Waals surface area contributed by atoms with Crippen molar-refractivity contribution in [3.8, 4) is 0 Å². The predicted octanol–water partition coefficient (Wildman–Crippen LogP) is 3.41. The smallest absolute Gasteiger partial charge is 0.312 e. The Morgan fingerprint density at radius 3 is 2.60 bits per heavy atom. The number of carboxylic acid groups (broad SMARTS) is 1. The van der Waals surface area contributed by atoms with E-state index in [-0.39, 0.29) is 0 Å². The number of carbonyl (C=O) groups is 1. The first-order valence-electron chi connectivity index (χ1n) is 7.76. The highest BCUT2D eigenvalue weighted by Crippen LogP contribution is 2.28. The van der Waals surface area contributed by atoms with Crippen molar-refractivity contribution >= 4 is 5.97 Å². The monoisotopic (exact) mass is 275 g/mol. The van der Waals surface area contributed by atoms with Crippen molar-refractivity contribution in [2.75, 3.05) is 13.1 Å². The quantitative estimate of drug-likeness (QED) is 0.715. The third kappa shape index (κ3) is 4.64. The average molecular weight is 275 g/mol. The van der Waals surface area contributed by atoms with Crippen LogP contribution in [0.5, 0.6) is 0 Å². The normalized spacial score (nSPS) is 17.2. The second-order valence-electron chi connectivity index (χ2n) is 5.80. The van der Waals surface area contributed by atoms with Gasteiger partial charge in [-0.2, -0.15) is 0 Å². The second kappa shape index (κ2) is 8.05. The molecular weight excluding hydrogens is 250 g/mol. The first-order valence-corrected chi connectivity index (χ1v) is 7.76. The van der Waals surface area contributed by atoms with E-state index >= 15 is 0 Å². The minimum absolute atomic E-state index is 0.442. The molecule has 1 aromatic rings. The molecule has 0 radical (unpaired) electrons. The number of aliphatic carboxylic acids is 1. The van der Waals surface area contributed by atoms with Crippen LogP contribution in [0.2, 0.25) is 0 Å². The molecule has 1 aliphatic rings. The van der Waals surface area contributed by atoms with Crippen LogP contribution in [0.15, 0.2) is 30.3 Å². The number of hydrogen-bond acceptors (Lipinski definition) is 2. The van der Waals surface area contributed by atoms with E-state index in [4.69, 9.17) is 0 Å². The topological polar surface area (TPSA) is 49.3 Å². The molecule has 0 aliphatic heterocycles. The highest BCUT2D eigenvalue weighted by atomic mass is 16.4. The number of rotatable bonds is 8. The van der Waals surface area contributed by atoms with Gasteiger partial charge < -0.3 is 10.4 Å². The van der Waals surface area contributed by atoms with Gasteiger partial charge in [0, 0.05) is 6.54 Å². The van der Waals surface area contributed by atoms with Crippen LogP contribution in [0.3, 0.4) is 0 Å². The molecule has 1 saturated carbocycles. The molecule has 2 rings (SSSR count). The van der Waals surface area contributed by atoms with E-state index < -0.39 is 11.9 Å². The van der Waals surface area contributed by atoms with Crippen LogP contribution in [-0.2, 0) is 4.79 Å². The standard InChI is InChI=1S/C17H25NO2/c19-17(20)16(15-10-2-1-3-11-15)13-18-12-6-9-14-7-4-5-8-14/h1-3,10-11,14,16,18H,4-9,12-13H2,(H,19,20). The SMILES string of the molecule is O=C(O)C(CNCCCC1CCCC1)c1ccccc1. The maximum atomic E-state index is 11.3. The maximum absolute atomic E-state index is 11.3. The van der Waals surface area contributed by atoms with Gasteiger partial charge in [-0.1, -0.05) is 56.0 Å². The van der Waals surface area contributed by atoms with E-state index in [1.165, 1.54) is 32.1 Å². The summed E-state index contributed by atoms with van der Waals surface area (Å²) < 4.78 is 0. The van der Waals surface area contributed by atoms with Crippen molar-refractivity contribution in [2.45, 2.75) is 44.4 Å². The Balaban J connectivity index is 1.69. The van der Waals surface area contributed by atoms with E-state index in [1.54, 1.807) is 0 Å². The fourth-order valence-corrected chi connectivity index (χ4v) is 3.09. The number of hydrogen-bond donors (Lipinski definition) is 2. The highest BCUT2D eigenvalue weighted by molar-refractivity contribution is 5.76. The maximum Gasteiger partial charge on any atom is 0.312 e. The molecule has 1 fully saturated rings. The van der Waals surface area contributed by atoms with Crippen molar-refractivity contribution in [3.63, 3.8) is 0 Å². The Morgan fingerprint density at radius 1 is 1.25 bits per heavy atom. The molecule has 1 aliphatic carbocycles. The first-order chi connectivity index (χ1) is 9.77. The molecular formula is C17H25NO2. The van der Waals surface area contributed by atoms with Gasteiger partial charge >= 0.3 is 5.97 Å². The number of nitrogens with one attached hydrogen (secondary N) is 1. The van der Waals surface area contributed by atoms with Crippen molar-refractivity contribution in [1.29, 1.82) is 0 Å². The lowest BCUT2D eigenvalue weighted by atomic mass is 9.99. The highest BCUT2D eigenvalue weighted by Gasteiger charge is 2.19. The summed E-state index contributed by atoms with van der Waals surface area (Å²) in [4.78, 5) is 11.3. The van der Waals surface area contributed by atoms with Crippen LogP contribution in [0.1, 0.15) is 50.0 Å². The average Bonchev–Trinajstić information content (AvgIpc) is 2.96. The molecule has 110 valence electrons. The molecule has 0 aromatic heterocycles. The van der Waals surface area contributed by atoms with Crippen LogP contribution in [0, 0.1) is 5.92 Å². The lowest BCUT2D eigenvalue weighted by molar-refractivity contribution is -0.138. The zero-order valence-electron chi connectivity index (χ0n) is 12.1. The summed E-state index contributed by atoms with van der Waals surface area (Å²) in [6.45, 7) is 1.44. The van der Waals surface area contributed by atoms with E-state index in [1.807, 2.05) is 30.3 Å². The molecule has 1 aromatic carbocycles. The van der Waals surface area contributed by atoms with Crippen LogP contribution in [-0.4, -0.2) is 24.2 Å². The van der Waals surface area contributed by atoms with Crippen molar-refractivity contribution in [1.82, 2.24) is 5.32 Å². The fraction of sp³-hybridized carbons (Fsp3) is 0.588. The van der Waals surface area contributed by atoms with Crippen LogP contribution < -0.4 is 5.32 Å². The zero-order valence-corrected chi connectivity index (χ0v) is 12.1. The fourth-order valence-electron chi connectivity index (χ4n) is 3.09. The van der Waals surface area contributed by atoms with Crippen molar-refractivity contribution in [2.24, 2.45) is 5.92 Å². The molecule has 0 saturated heterocycles. The molecule has 0 bridgehead atoms. The predicted molar refractivity (Wildman–Crippen MR) is 80.9 cm³/mol. The molecule has 20 heavy (non-hydrogen) atoms. The first kappa shape index (κ1) is 15.0. The Hall–Kier alpha value is -1.35. The van der Waals surface area contributed by atoms with Crippen molar-refractivity contribution < 1.29 is 9.90 Å². The third-order valence-electron chi connectivity index (χ3n) is 4.29. The van der Waals surface area contributed by atoms with Crippen LogP contribution in [0.25, 0.3) is 0 Å². The molecule has 1 unspecified atom stereocenters. The summed E-state index contributed by atoms with van der Waals surface area (Å²) in [6, 6.07) is 9.48. The molecule has 3 nitrogen and oxygen atoms in total. The molecule has 0 spiro atoms. The summed E-state index contributed by atoms with van der Waals surface area (Å²) in [7, 11) is 0. The van der Waals surface area contributed by atoms with Gasteiger partial charge in [-0.15, -0.1) is 0 Å².